The van der Waals surface area contributed by atoms with Gasteiger partial charge in [-0.1, -0.05) is 6.07 Å². The number of phenolic OH excluding ortho intramolecular Hbond substituents is 1. The van der Waals surface area contributed by atoms with Crippen LogP contribution in [-0.2, 0) is 0 Å². The first-order chi connectivity index (χ1) is 15.1. The van der Waals surface area contributed by atoms with Gasteiger partial charge in [0.2, 0.25) is 11.8 Å². The van der Waals surface area contributed by atoms with E-state index in [1.54, 1.807) is 31.5 Å². The topological polar surface area (TPSA) is 109 Å². The number of aromatic hydroxyl groups is 1. The van der Waals surface area contributed by atoms with E-state index in [0.717, 1.165) is 24.6 Å². The Balaban J connectivity index is 1.35. The lowest BCUT2D eigenvalue weighted by Gasteiger charge is -2.37. The second-order valence-electron chi connectivity index (χ2n) is 8.24. The summed E-state index contributed by atoms with van der Waals surface area (Å²) in [5.41, 5.74) is 2.50. The minimum absolute atomic E-state index is 0.0866. The van der Waals surface area contributed by atoms with Crippen molar-refractivity contribution in [2.24, 2.45) is 5.92 Å². The molecular weight excluding hydrogens is 394 g/mol. The van der Waals surface area contributed by atoms with E-state index in [9.17, 15) is 5.11 Å². The first-order valence-electron chi connectivity index (χ1n) is 10.5. The number of aromatic nitrogens is 5. The molecule has 0 spiro atoms. The van der Waals surface area contributed by atoms with Crippen molar-refractivity contribution in [3.8, 4) is 34.1 Å². The molecule has 2 atom stereocenters. The minimum Gasteiger partial charge on any atom is -0.507 e. The van der Waals surface area contributed by atoms with E-state index in [2.05, 4.69) is 42.3 Å². The summed E-state index contributed by atoms with van der Waals surface area (Å²) in [6.45, 7) is 3.95. The molecule has 1 saturated carbocycles. The second kappa shape index (κ2) is 8.07. The molecule has 1 aliphatic heterocycles. The number of rotatable bonds is 5. The maximum absolute atomic E-state index is 10.6. The summed E-state index contributed by atoms with van der Waals surface area (Å²) in [6, 6.07) is 7.90. The molecular formula is C22H25N7O2. The molecule has 2 fully saturated rings. The van der Waals surface area contributed by atoms with Gasteiger partial charge in [0.1, 0.15) is 17.8 Å². The third-order valence-corrected chi connectivity index (χ3v) is 5.85. The predicted octanol–water partition coefficient (Wildman–Crippen LogP) is 2.29. The van der Waals surface area contributed by atoms with Crippen LogP contribution in [0.4, 0.5) is 5.95 Å². The fourth-order valence-electron chi connectivity index (χ4n) is 4.11. The van der Waals surface area contributed by atoms with Crippen LogP contribution in [0.15, 0.2) is 36.8 Å². The van der Waals surface area contributed by atoms with Crippen molar-refractivity contribution in [1.82, 2.24) is 30.5 Å². The van der Waals surface area contributed by atoms with Crippen molar-refractivity contribution in [3.63, 3.8) is 0 Å². The molecule has 0 radical (unpaired) electrons. The molecule has 5 rings (SSSR count). The van der Waals surface area contributed by atoms with Crippen LogP contribution in [0.3, 0.4) is 0 Å². The Kier molecular flexibility index (Phi) is 5.11. The highest BCUT2D eigenvalue weighted by Crippen LogP contribution is 2.35. The molecule has 1 saturated heterocycles. The maximum Gasteiger partial charge on any atom is 0.245 e. The Morgan fingerprint density at radius 1 is 1.06 bits per heavy atom. The highest BCUT2D eigenvalue weighted by atomic mass is 16.5. The van der Waals surface area contributed by atoms with Crippen molar-refractivity contribution in [1.29, 1.82) is 0 Å². The Labute approximate surface area is 180 Å². The molecule has 31 heavy (non-hydrogen) atoms. The van der Waals surface area contributed by atoms with Crippen molar-refractivity contribution in [2.75, 3.05) is 25.1 Å². The molecule has 0 amide bonds. The Hall–Kier alpha value is -3.33. The van der Waals surface area contributed by atoms with Gasteiger partial charge in [-0.05, 0) is 37.8 Å². The van der Waals surface area contributed by atoms with E-state index in [0.29, 0.717) is 40.9 Å². The monoisotopic (exact) mass is 419 g/mol. The lowest BCUT2D eigenvalue weighted by molar-refractivity contribution is 0.355. The van der Waals surface area contributed by atoms with Gasteiger partial charge in [0, 0.05) is 42.4 Å². The van der Waals surface area contributed by atoms with Gasteiger partial charge in [-0.2, -0.15) is 0 Å². The highest BCUT2D eigenvalue weighted by Gasteiger charge is 2.36. The first-order valence-corrected chi connectivity index (χ1v) is 10.5. The molecule has 9 heteroatoms. The number of hydrogen-bond donors (Lipinski definition) is 2. The third kappa shape index (κ3) is 4.13. The number of benzene rings is 1. The fraction of sp³-hybridized carbons (Fsp3) is 0.409. The van der Waals surface area contributed by atoms with Gasteiger partial charge in [-0.15, -0.1) is 10.2 Å². The highest BCUT2D eigenvalue weighted by molar-refractivity contribution is 5.72. The Morgan fingerprint density at radius 2 is 1.94 bits per heavy atom. The zero-order valence-corrected chi connectivity index (χ0v) is 17.6. The van der Waals surface area contributed by atoms with Crippen LogP contribution in [0.2, 0.25) is 0 Å². The summed E-state index contributed by atoms with van der Waals surface area (Å²) in [4.78, 5) is 15.0. The maximum atomic E-state index is 10.6. The van der Waals surface area contributed by atoms with Gasteiger partial charge in [0.25, 0.3) is 0 Å². The molecule has 2 N–H and O–H groups in total. The Bertz CT molecular complexity index is 1070. The van der Waals surface area contributed by atoms with E-state index in [1.165, 1.54) is 19.2 Å². The van der Waals surface area contributed by atoms with Gasteiger partial charge in [-0.25, -0.2) is 15.0 Å². The number of methoxy groups -OCH3 is 1. The molecule has 1 aromatic carbocycles. The summed E-state index contributed by atoms with van der Waals surface area (Å²) in [6.07, 6.45) is 5.70. The van der Waals surface area contributed by atoms with E-state index in [1.807, 2.05) is 6.07 Å². The lowest BCUT2D eigenvalue weighted by atomic mass is 10.1. The SMILES string of the molecule is COc1cc(-c2ccc(-c3cnc(N4C[C@@H](C5CC5)N[C@@H](C)C4)nn3)c(O)c2)ncn1. The summed E-state index contributed by atoms with van der Waals surface area (Å²) in [7, 11) is 1.55. The Morgan fingerprint density at radius 3 is 2.65 bits per heavy atom. The standard InChI is InChI=1S/C22H25N7O2/c1-13-10-29(11-19(26-13)14-3-4-14)22-23-9-18(27-28-22)16-6-5-15(7-20(16)30)17-8-21(31-2)25-12-24-17/h5-9,12-14,19,26,30H,3-4,10-11H2,1-2H3/t13-,19-/m0/s1. The fourth-order valence-corrected chi connectivity index (χ4v) is 4.11. The van der Waals surface area contributed by atoms with E-state index < -0.39 is 0 Å². The van der Waals surface area contributed by atoms with E-state index in [4.69, 9.17) is 4.74 Å². The number of ether oxygens (including phenoxy) is 1. The molecule has 2 aliphatic rings. The van der Waals surface area contributed by atoms with Crippen molar-refractivity contribution >= 4 is 5.95 Å². The third-order valence-electron chi connectivity index (χ3n) is 5.85. The van der Waals surface area contributed by atoms with Gasteiger partial charge in [0.15, 0.2) is 0 Å². The number of piperazine rings is 1. The van der Waals surface area contributed by atoms with Gasteiger partial charge in [0.05, 0.1) is 19.0 Å². The molecule has 3 aromatic rings. The zero-order valence-electron chi connectivity index (χ0n) is 17.6. The van der Waals surface area contributed by atoms with Crippen LogP contribution in [0.25, 0.3) is 22.5 Å². The van der Waals surface area contributed by atoms with Crippen LogP contribution < -0.4 is 15.0 Å². The van der Waals surface area contributed by atoms with Crippen molar-refractivity contribution in [2.45, 2.75) is 31.8 Å². The van der Waals surface area contributed by atoms with Crippen LogP contribution in [0.1, 0.15) is 19.8 Å². The summed E-state index contributed by atoms with van der Waals surface area (Å²) < 4.78 is 5.14. The largest absolute Gasteiger partial charge is 0.507 e. The number of anilines is 1. The molecule has 2 aromatic heterocycles. The molecule has 3 heterocycles. The number of phenols is 1. The normalized spacial score (nSPS) is 21.2. The molecule has 1 aliphatic carbocycles. The first kappa shape index (κ1) is 19.6. The zero-order chi connectivity index (χ0) is 21.4. The number of nitrogens with zero attached hydrogens (tertiary/aromatic N) is 6. The van der Waals surface area contributed by atoms with Crippen molar-refractivity contribution < 1.29 is 9.84 Å². The lowest BCUT2D eigenvalue weighted by Crippen LogP contribution is -2.56. The molecule has 9 nitrogen and oxygen atoms in total. The van der Waals surface area contributed by atoms with E-state index in [-0.39, 0.29) is 5.75 Å². The van der Waals surface area contributed by atoms with Gasteiger partial charge >= 0.3 is 0 Å². The molecule has 160 valence electrons. The minimum atomic E-state index is 0.0866. The second-order valence-corrected chi connectivity index (χ2v) is 8.24. The van der Waals surface area contributed by atoms with Crippen LogP contribution in [0.5, 0.6) is 11.6 Å². The molecule has 0 unspecified atom stereocenters. The predicted molar refractivity (Wildman–Crippen MR) is 116 cm³/mol. The van der Waals surface area contributed by atoms with Crippen molar-refractivity contribution in [3.05, 3.63) is 36.8 Å². The van der Waals surface area contributed by atoms with Crippen LogP contribution >= 0.6 is 0 Å². The average Bonchev–Trinajstić information content (AvgIpc) is 3.64. The quantitative estimate of drug-likeness (QED) is 0.644. The average molecular weight is 419 g/mol. The van der Waals surface area contributed by atoms with Crippen LogP contribution in [0, 0.1) is 5.92 Å². The smallest absolute Gasteiger partial charge is 0.245 e. The van der Waals surface area contributed by atoms with Gasteiger partial charge < -0.3 is 20.1 Å². The van der Waals surface area contributed by atoms with E-state index >= 15 is 0 Å². The number of hydrogen-bond acceptors (Lipinski definition) is 9. The molecule has 0 bridgehead atoms. The summed E-state index contributed by atoms with van der Waals surface area (Å²) in [5, 5.41) is 23.0. The van der Waals surface area contributed by atoms with Gasteiger partial charge in [-0.3, -0.25) is 0 Å². The summed E-state index contributed by atoms with van der Waals surface area (Å²) in [5.74, 6) is 1.95. The van der Waals surface area contributed by atoms with Crippen LogP contribution in [-0.4, -0.2) is 62.5 Å². The number of nitrogens with one attached hydrogen (secondary N) is 1. The summed E-state index contributed by atoms with van der Waals surface area (Å²) >= 11 is 0.